The molecule has 0 saturated carbocycles. The van der Waals surface area contributed by atoms with E-state index in [1.54, 1.807) is 0 Å². The molecule has 0 radical (unpaired) electrons. The second-order valence-corrected chi connectivity index (χ2v) is 5.04. The first-order valence-electron chi connectivity index (χ1n) is 5.50. The van der Waals surface area contributed by atoms with Crippen LogP contribution in [0, 0.1) is 11.8 Å². The van der Waals surface area contributed by atoms with Crippen molar-refractivity contribution in [3.05, 3.63) is 0 Å². The van der Waals surface area contributed by atoms with E-state index in [2.05, 4.69) is 32.6 Å². The average Bonchev–Trinajstić information content (AvgIpc) is 2.01. The van der Waals surface area contributed by atoms with Crippen LogP contribution in [0.2, 0.25) is 0 Å². The molecule has 3 atom stereocenters. The summed E-state index contributed by atoms with van der Waals surface area (Å²) in [6.45, 7) is 11.5. The first kappa shape index (κ1) is 11.0. The normalized spacial score (nSPS) is 33.7. The largest absolute Gasteiger partial charge is 0.327 e. The Balaban J connectivity index is 2.49. The fourth-order valence-electron chi connectivity index (χ4n) is 2.20. The zero-order chi connectivity index (χ0) is 10.0. The van der Waals surface area contributed by atoms with E-state index in [4.69, 9.17) is 5.73 Å². The van der Waals surface area contributed by atoms with E-state index >= 15 is 0 Å². The Morgan fingerprint density at radius 1 is 1.23 bits per heavy atom. The van der Waals surface area contributed by atoms with Crippen LogP contribution in [-0.2, 0) is 0 Å². The Bertz CT molecular complexity index is 146. The van der Waals surface area contributed by atoms with Crippen LogP contribution in [0.5, 0.6) is 0 Å². The molecule has 1 rings (SSSR count). The number of hydrogen-bond donors (Lipinski definition) is 1. The minimum absolute atomic E-state index is 0.393. The van der Waals surface area contributed by atoms with Crippen LogP contribution in [0.1, 0.15) is 34.1 Å². The van der Waals surface area contributed by atoms with Crippen LogP contribution >= 0.6 is 0 Å². The Morgan fingerprint density at radius 2 is 1.85 bits per heavy atom. The molecule has 2 N–H and O–H groups in total. The number of piperidine rings is 1. The van der Waals surface area contributed by atoms with Gasteiger partial charge >= 0.3 is 0 Å². The molecule has 0 amide bonds. The SMILES string of the molecule is CC1CC(N)CN(C(C)C(C)C)C1. The van der Waals surface area contributed by atoms with Crippen LogP contribution in [0.25, 0.3) is 0 Å². The quantitative estimate of drug-likeness (QED) is 0.708. The Hall–Kier alpha value is -0.0800. The van der Waals surface area contributed by atoms with E-state index in [9.17, 15) is 0 Å². The van der Waals surface area contributed by atoms with Gasteiger partial charge in [-0.3, -0.25) is 4.90 Å². The van der Waals surface area contributed by atoms with Crippen LogP contribution in [0.15, 0.2) is 0 Å². The van der Waals surface area contributed by atoms with Gasteiger partial charge in [-0.15, -0.1) is 0 Å². The van der Waals surface area contributed by atoms with Gasteiger partial charge in [-0.25, -0.2) is 0 Å². The van der Waals surface area contributed by atoms with Crippen LogP contribution in [0.3, 0.4) is 0 Å². The van der Waals surface area contributed by atoms with Gasteiger partial charge in [-0.1, -0.05) is 20.8 Å². The second-order valence-electron chi connectivity index (χ2n) is 5.04. The van der Waals surface area contributed by atoms with E-state index in [-0.39, 0.29) is 0 Å². The van der Waals surface area contributed by atoms with Crippen LogP contribution in [0.4, 0.5) is 0 Å². The Morgan fingerprint density at radius 3 is 2.31 bits per heavy atom. The lowest BCUT2D eigenvalue weighted by atomic mass is 9.93. The van der Waals surface area contributed by atoms with Crippen molar-refractivity contribution in [1.82, 2.24) is 4.90 Å². The highest BCUT2D eigenvalue weighted by Gasteiger charge is 2.26. The van der Waals surface area contributed by atoms with E-state index in [0.29, 0.717) is 12.1 Å². The van der Waals surface area contributed by atoms with Gasteiger partial charge in [0.25, 0.3) is 0 Å². The molecule has 2 nitrogen and oxygen atoms in total. The zero-order valence-electron chi connectivity index (χ0n) is 9.46. The molecular weight excluding hydrogens is 160 g/mol. The smallest absolute Gasteiger partial charge is 0.0170 e. The number of nitrogens with two attached hydrogens (primary N) is 1. The monoisotopic (exact) mass is 184 g/mol. The van der Waals surface area contributed by atoms with Gasteiger partial charge < -0.3 is 5.73 Å². The van der Waals surface area contributed by atoms with Crippen molar-refractivity contribution in [1.29, 1.82) is 0 Å². The maximum Gasteiger partial charge on any atom is 0.0170 e. The molecule has 0 aromatic heterocycles. The number of likely N-dealkylation sites (tertiary alicyclic amines) is 1. The van der Waals surface area contributed by atoms with Crippen LogP contribution in [-0.4, -0.2) is 30.1 Å². The highest BCUT2D eigenvalue weighted by atomic mass is 15.2. The lowest BCUT2D eigenvalue weighted by Crippen LogP contribution is -2.51. The van der Waals surface area contributed by atoms with Gasteiger partial charge in [0, 0.05) is 25.2 Å². The molecule has 0 aliphatic carbocycles. The van der Waals surface area contributed by atoms with E-state index in [0.717, 1.165) is 18.4 Å². The van der Waals surface area contributed by atoms with Crippen molar-refractivity contribution in [2.24, 2.45) is 17.6 Å². The summed E-state index contributed by atoms with van der Waals surface area (Å²) >= 11 is 0. The Labute approximate surface area is 82.5 Å². The summed E-state index contributed by atoms with van der Waals surface area (Å²) in [5.41, 5.74) is 6.01. The van der Waals surface area contributed by atoms with Crippen molar-refractivity contribution in [3.63, 3.8) is 0 Å². The predicted octanol–water partition coefficient (Wildman–Crippen LogP) is 1.70. The number of nitrogens with zero attached hydrogens (tertiary/aromatic N) is 1. The van der Waals surface area contributed by atoms with Crippen molar-refractivity contribution >= 4 is 0 Å². The lowest BCUT2D eigenvalue weighted by Gasteiger charge is -2.40. The van der Waals surface area contributed by atoms with Crippen molar-refractivity contribution in [2.45, 2.75) is 46.2 Å². The molecule has 1 aliphatic heterocycles. The summed E-state index contributed by atoms with van der Waals surface area (Å²) in [5, 5.41) is 0. The molecular formula is C11H24N2. The Kier molecular flexibility index (Phi) is 3.74. The summed E-state index contributed by atoms with van der Waals surface area (Å²) in [4.78, 5) is 2.55. The van der Waals surface area contributed by atoms with Gasteiger partial charge in [0.15, 0.2) is 0 Å². The molecule has 0 aromatic carbocycles. The van der Waals surface area contributed by atoms with Gasteiger partial charge in [0.05, 0.1) is 0 Å². The molecule has 1 aliphatic rings. The van der Waals surface area contributed by atoms with Crippen molar-refractivity contribution < 1.29 is 0 Å². The summed E-state index contributed by atoms with van der Waals surface area (Å²) in [6.07, 6.45) is 1.20. The summed E-state index contributed by atoms with van der Waals surface area (Å²) < 4.78 is 0. The molecule has 13 heavy (non-hydrogen) atoms. The molecule has 0 bridgehead atoms. The third-order valence-electron chi connectivity index (χ3n) is 3.26. The fraction of sp³-hybridized carbons (Fsp3) is 1.00. The molecule has 1 heterocycles. The topological polar surface area (TPSA) is 29.3 Å². The van der Waals surface area contributed by atoms with Gasteiger partial charge in [0.2, 0.25) is 0 Å². The highest BCUT2D eigenvalue weighted by molar-refractivity contribution is 4.83. The van der Waals surface area contributed by atoms with Crippen LogP contribution < -0.4 is 5.73 Å². The van der Waals surface area contributed by atoms with Crippen molar-refractivity contribution in [3.8, 4) is 0 Å². The van der Waals surface area contributed by atoms with E-state index in [1.165, 1.54) is 13.0 Å². The number of rotatable bonds is 2. The first-order valence-corrected chi connectivity index (χ1v) is 5.50. The number of hydrogen-bond acceptors (Lipinski definition) is 2. The van der Waals surface area contributed by atoms with Gasteiger partial charge in [-0.05, 0) is 25.2 Å². The summed E-state index contributed by atoms with van der Waals surface area (Å²) in [7, 11) is 0. The highest BCUT2D eigenvalue weighted by Crippen LogP contribution is 2.20. The van der Waals surface area contributed by atoms with Gasteiger partial charge in [-0.2, -0.15) is 0 Å². The summed E-state index contributed by atoms with van der Waals surface area (Å²) in [6, 6.07) is 1.07. The first-order chi connectivity index (χ1) is 6.00. The molecule has 0 spiro atoms. The molecule has 1 fully saturated rings. The molecule has 2 heteroatoms. The second kappa shape index (κ2) is 4.43. The van der Waals surface area contributed by atoms with E-state index in [1.807, 2.05) is 0 Å². The minimum atomic E-state index is 0.393. The standard InChI is InChI=1S/C11H24N2/c1-8(2)10(4)13-6-9(3)5-11(12)7-13/h8-11H,5-7,12H2,1-4H3. The third-order valence-corrected chi connectivity index (χ3v) is 3.26. The third kappa shape index (κ3) is 2.96. The van der Waals surface area contributed by atoms with Crippen molar-refractivity contribution in [2.75, 3.05) is 13.1 Å². The van der Waals surface area contributed by atoms with Gasteiger partial charge in [0.1, 0.15) is 0 Å². The summed E-state index contributed by atoms with van der Waals surface area (Å²) in [5.74, 6) is 1.50. The minimum Gasteiger partial charge on any atom is -0.327 e. The maximum absolute atomic E-state index is 6.01. The average molecular weight is 184 g/mol. The molecule has 0 aromatic rings. The van der Waals surface area contributed by atoms with E-state index < -0.39 is 0 Å². The fourth-order valence-corrected chi connectivity index (χ4v) is 2.20. The zero-order valence-corrected chi connectivity index (χ0v) is 9.46. The molecule has 3 unspecified atom stereocenters. The molecule has 78 valence electrons. The predicted molar refractivity (Wildman–Crippen MR) is 57.6 cm³/mol. The molecule has 1 saturated heterocycles. The lowest BCUT2D eigenvalue weighted by molar-refractivity contribution is 0.0994. The maximum atomic E-state index is 6.01.